The molecule has 8 aromatic rings. The first-order valence-electron chi connectivity index (χ1n) is 22.3. The van der Waals surface area contributed by atoms with Crippen molar-refractivity contribution in [3.63, 3.8) is 0 Å². The van der Waals surface area contributed by atoms with Crippen molar-refractivity contribution in [1.82, 2.24) is 0 Å². The summed E-state index contributed by atoms with van der Waals surface area (Å²) in [4.78, 5) is 2.39. The molecule has 300 valence electrons. The number of allylic oxidation sites excluding steroid dienone is 4. The van der Waals surface area contributed by atoms with E-state index in [9.17, 15) is 0 Å². The van der Waals surface area contributed by atoms with Crippen LogP contribution in [0.15, 0.2) is 206 Å². The lowest BCUT2D eigenvalue weighted by molar-refractivity contribution is 0.422. The minimum Gasteiger partial charge on any atom is -0.311 e. The van der Waals surface area contributed by atoms with E-state index >= 15 is 0 Å². The zero-order chi connectivity index (χ0) is 42.0. The molecule has 3 aliphatic carbocycles. The van der Waals surface area contributed by atoms with E-state index < -0.39 is 0 Å². The summed E-state index contributed by atoms with van der Waals surface area (Å²) in [6, 6.07) is 69.8. The fourth-order valence-electron chi connectivity index (χ4n) is 10.6. The molecule has 1 heteroatoms. The van der Waals surface area contributed by atoms with Crippen molar-refractivity contribution in [3.8, 4) is 55.6 Å². The van der Waals surface area contributed by atoms with E-state index in [2.05, 4.69) is 233 Å². The second-order valence-electron chi connectivity index (χ2n) is 18.6. The standard InChI is InChI=1S/C61H51N/c1-60(2)40-49-38-47(28-36-53(49)54-14-8-10-16-57(54)60)45-24-32-51(33-25-45)62(50-30-22-44(23-31-50)43-20-18-42(19-21-43)41-12-6-5-7-13-41)52-34-26-46(27-35-52)48-29-37-56-55-15-9-11-17-58(55)61(3,4)59(56)39-48/h5-9,11-15,17-39H,10,16,40H2,1-4H3. The third-order valence-electron chi connectivity index (χ3n) is 14.0. The Morgan fingerprint density at radius 2 is 0.855 bits per heavy atom. The molecule has 0 radical (unpaired) electrons. The van der Waals surface area contributed by atoms with E-state index in [0.29, 0.717) is 0 Å². The van der Waals surface area contributed by atoms with E-state index in [0.717, 1.165) is 29.9 Å². The average molecular weight is 798 g/mol. The molecular weight excluding hydrogens is 747 g/mol. The first-order valence-corrected chi connectivity index (χ1v) is 22.3. The topological polar surface area (TPSA) is 3.24 Å². The van der Waals surface area contributed by atoms with Gasteiger partial charge in [-0.25, -0.2) is 0 Å². The Hall–Kier alpha value is -6.96. The maximum atomic E-state index is 2.44. The van der Waals surface area contributed by atoms with Crippen molar-refractivity contribution in [2.24, 2.45) is 5.41 Å². The highest BCUT2D eigenvalue weighted by molar-refractivity contribution is 5.87. The molecule has 0 saturated carbocycles. The van der Waals surface area contributed by atoms with Crippen LogP contribution in [0, 0.1) is 5.41 Å². The summed E-state index contributed by atoms with van der Waals surface area (Å²) in [7, 11) is 0. The van der Waals surface area contributed by atoms with Crippen LogP contribution in [0.3, 0.4) is 0 Å². The molecule has 8 aromatic carbocycles. The second-order valence-corrected chi connectivity index (χ2v) is 18.6. The van der Waals surface area contributed by atoms with Crippen LogP contribution in [0.25, 0.3) is 61.2 Å². The van der Waals surface area contributed by atoms with Gasteiger partial charge in [-0.1, -0.05) is 191 Å². The van der Waals surface area contributed by atoms with Crippen molar-refractivity contribution in [3.05, 3.63) is 228 Å². The molecular formula is C61H51N. The third kappa shape index (κ3) is 6.55. The predicted molar refractivity (Wildman–Crippen MR) is 263 cm³/mol. The zero-order valence-electron chi connectivity index (χ0n) is 36.1. The van der Waals surface area contributed by atoms with Crippen LogP contribution < -0.4 is 4.90 Å². The summed E-state index contributed by atoms with van der Waals surface area (Å²) in [6.45, 7) is 9.55. The highest BCUT2D eigenvalue weighted by Crippen LogP contribution is 2.50. The number of hydrogen-bond acceptors (Lipinski definition) is 1. The summed E-state index contributed by atoms with van der Waals surface area (Å²) in [5.41, 5.74) is 24.8. The fraction of sp³-hybridized carbons (Fsp3) is 0.148. The van der Waals surface area contributed by atoms with Gasteiger partial charge in [-0.15, -0.1) is 0 Å². The summed E-state index contributed by atoms with van der Waals surface area (Å²) >= 11 is 0. The van der Waals surface area contributed by atoms with Crippen LogP contribution >= 0.6 is 0 Å². The molecule has 0 amide bonds. The summed E-state index contributed by atoms with van der Waals surface area (Å²) in [5.74, 6) is 0. The molecule has 0 saturated heterocycles. The molecule has 0 aliphatic heterocycles. The maximum absolute atomic E-state index is 2.44. The lowest BCUT2D eigenvalue weighted by atomic mass is 9.67. The number of rotatable bonds is 7. The van der Waals surface area contributed by atoms with Crippen LogP contribution in [-0.2, 0) is 11.8 Å². The first-order chi connectivity index (χ1) is 30.2. The molecule has 0 bridgehead atoms. The van der Waals surface area contributed by atoms with Crippen molar-refractivity contribution in [1.29, 1.82) is 0 Å². The highest BCUT2D eigenvalue weighted by Gasteiger charge is 2.35. The molecule has 3 aliphatic rings. The molecule has 0 aromatic heterocycles. The summed E-state index contributed by atoms with van der Waals surface area (Å²) in [6.07, 6.45) is 8.12. The second kappa shape index (κ2) is 14.9. The Bertz CT molecular complexity index is 3030. The number of fused-ring (bicyclic) bond motifs is 5. The zero-order valence-corrected chi connectivity index (χ0v) is 36.1. The third-order valence-corrected chi connectivity index (χ3v) is 14.0. The minimum absolute atomic E-state index is 0.0372. The molecule has 0 atom stereocenters. The van der Waals surface area contributed by atoms with Gasteiger partial charge in [0.15, 0.2) is 0 Å². The number of nitrogens with zero attached hydrogens (tertiary/aromatic N) is 1. The van der Waals surface area contributed by atoms with E-state index in [1.807, 2.05) is 0 Å². The Morgan fingerprint density at radius 3 is 1.45 bits per heavy atom. The van der Waals surface area contributed by atoms with Crippen molar-refractivity contribution in [2.45, 2.75) is 52.4 Å². The molecule has 0 spiro atoms. The van der Waals surface area contributed by atoms with E-state index in [-0.39, 0.29) is 10.8 Å². The Balaban J connectivity index is 0.930. The summed E-state index contributed by atoms with van der Waals surface area (Å²) in [5, 5.41) is 0. The maximum Gasteiger partial charge on any atom is 0.0462 e. The molecule has 11 rings (SSSR count). The Morgan fingerprint density at radius 1 is 0.403 bits per heavy atom. The number of anilines is 3. The first kappa shape index (κ1) is 38.0. The van der Waals surface area contributed by atoms with Crippen LogP contribution in [0.5, 0.6) is 0 Å². The molecule has 0 heterocycles. The van der Waals surface area contributed by atoms with E-state index in [1.165, 1.54) is 89.9 Å². The lowest BCUT2D eigenvalue weighted by Crippen LogP contribution is -2.25. The van der Waals surface area contributed by atoms with Crippen LogP contribution in [0.1, 0.15) is 62.8 Å². The quantitative estimate of drug-likeness (QED) is 0.155. The monoisotopic (exact) mass is 797 g/mol. The van der Waals surface area contributed by atoms with Gasteiger partial charge < -0.3 is 4.90 Å². The van der Waals surface area contributed by atoms with Gasteiger partial charge in [0.05, 0.1) is 0 Å². The van der Waals surface area contributed by atoms with E-state index in [1.54, 1.807) is 5.57 Å². The van der Waals surface area contributed by atoms with Gasteiger partial charge in [-0.3, -0.25) is 0 Å². The minimum atomic E-state index is -0.0372. The van der Waals surface area contributed by atoms with Crippen LogP contribution in [-0.4, -0.2) is 0 Å². The van der Waals surface area contributed by atoms with Crippen molar-refractivity contribution >= 4 is 22.6 Å². The van der Waals surface area contributed by atoms with E-state index in [4.69, 9.17) is 0 Å². The van der Waals surface area contributed by atoms with Gasteiger partial charge in [0, 0.05) is 22.5 Å². The SMILES string of the molecule is CC1(C)Cc2cc(-c3ccc(N(c4ccc(-c5ccc(-c6ccccc6)cc5)cc4)c4ccc(-c5ccc6c(c5)C(C)(C)c5ccccc5-6)cc4)cc3)ccc2C2=C1CCC=C2. The van der Waals surface area contributed by atoms with Gasteiger partial charge in [0.2, 0.25) is 0 Å². The van der Waals surface area contributed by atoms with Crippen molar-refractivity contribution < 1.29 is 0 Å². The predicted octanol–water partition coefficient (Wildman–Crippen LogP) is 16.8. The lowest BCUT2D eigenvalue weighted by Gasteiger charge is -2.37. The molecule has 0 unspecified atom stereocenters. The van der Waals surface area contributed by atoms with Gasteiger partial charge in [-0.05, 0) is 151 Å². The van der Waals surface area contributed by atoms with Crippen LogP contribution in [0.4, 0.5) is 17.1 Å². The molecule has 62 heavy (non-hydrogen) atoms. The largest absolute Gasteiger partial charge is 0.311 e. The van der Waals surface area contributed by atoms with Gasteiger partial charge >= 0.3 is 0 Å². The number of hydrogen-bond donors (Lipinski definition) is 0. The Labute approximate surface area is 367 Å². The molecule has 0 fully saturated rings. The van der Waals surface area contributed by atoms with Crippen molar-refractivity contribution in [2.75, 3.05) is 4.90 Å². The van der Waals surface area contributed by atoms with Gasteiger partial charge in [0.25, 0.3) is 0 Å². The highest BCUT2D eigenvalue weighted by atomic mass is 15.1. The van der Waals surface area contributed by atoms with Gasteiger partial charge in [0.1, 0.15) is 0 Å². The normalized spacial score (nSPS) is 15.4. The smallest absolute Gasteiger partial charge is 0.0462 e. The number of benzene rings is 8. The van der Waals surface area contributed by atoms with Gasteiger partial charge in [-0.2, -0.15) is 0 Å². The van der Waals surface area contributed by atoms with Crippen LogP contribution in [0.2, 0.25) is 0 Å². The average Bonchev–Trinajstić information content (AvgIpc) is 3.55. The Kier molecular flexibility index (Phi) is 9.13. The molecule has 1 nitrogen and oxygen atoms in total. The molecule has 0 N–H and O–H groups in total. The fourth-order valence-corrected chi connectivity index (χ4v) is 10.6. The summed E-state index contributed by atoms with van der Waals surface area (Å²) < 4.78 is 0.